The number of halogens is 1. The van der Waals surface area contributed by atoms with Gasteiger partial charge in [-0.25, -0.2) is 12.8 Å². The minimum atomic E-state index is -3.47. The van der Waals surface area contributed by atoms with E-state index in [1.807, 2.05) is 31.2 Å². The molecule has 0 atom stereocenters. The molecule has 0 saturated carbocycles. The fourth-order valence-corrected chi connectivity index (χ4v) is 4.78. The van der Waals surface area contributed by atoms with Gasteiger partial charge in [0.15, 0.2) is 0 Å². The molecule has 0 N–H and O–H groups in total. The summed E-state index contributed by atoms with van der Waals surface area (Å²) in [4.78, 5) is 0.582. The second-order valence-electron chi connectivity index (χ2n) is 6.99. The van der Waals surface area contributed by atoms with Gasteiger partial charge in [0.25, 0.3) is 0 Å². The Hall–Kier alpha value is -2.20. The van der Waals surface area contributed by atoms with Crippen molar-refractivity contribution in [1.82, 2.24) is 0 Å². The molecule has 0 aliphatic heterocycles. The van der Waals surface area contributed by atoms with Gasteiger partial charge >= 0.3 is 0 Å². The van der Waals surface area contributed by atoms with Crippen molar-refractivity contribution in [3.05, 3.63) is 77.0 Å². The summed E-state index contributed by atoms with van der Waals surface area (Å²) in [6.45, 7) is 5.80. The summed E-state index contributed by atoms with van der Waals surface area (Å²) in [5.41, 5.74) is 4.51. The predicted octanol–water partition coefficient (Wildman–Crippen LogP) is 6.40. The van der Waals surface area contributed by atoms with E-state index in [1.165, 1.54) is 23.3 Å². The average Bonchev–Trinajstić information content (AvgIpc) is 3.16. The fraction of sp³-hybridized carbons (Fsp3) is 0.304. The van der Waals surface area contributed by atoms with Crippen LogP contribution < -0.4 is 0 Å². The van der Waals surface area contributed by atoms with Crippen LogP contribution in [0.1, 0.15) is 56.6 Å². The Balaban J connectivity index is 1.89. The molecule has 1 aliphatic rings. The van der Waals surface area contributed by atoms with Gasteiger partial charge in [-0.3, -0.25) is 0 Å². The van der Waals surface area contributed by atoms with Crippen LogP contribution in [0.4, 0.5) is 4.39 Å². The van der Waals surface area contributed by atoms with Crippen molar-refractivity contribution in [2.75, 3.05) is 0 Å². The van der Waals surface area contributed by atoms with E-state index in [1.54, 1.807) is 12.1 Å². The fourth-order valence-electron chi connectivity index (χ4n) is 3.54. The molecule has 0 unspecified atom stereocenters. The lowest BCUT2D eigenvalue weighted by atomic mass is 9.97. The van der Waals surface area contributed by atoms with E-state index < -0.39 is 9.84 Å². The number of allylic oxidation sites excluding steroid dienone is 3. The van der Waals surface area contributed by atoms with Crippen LogP contribution in [0.5, 0.6) is 0 Å². The quantitative estimate of drug-likeness (QED) is 0.554. The second-order valence-corrected chi connectivity index (χ2v) is 9.04. The lowest BCUT2D eigenvalue weighted by Crippen LogP contribution is -2.04. The molecule has 0 saturated heterocycles. The molecule has 0 spiro atoms. The number of sulfone groups is 1. The maximum atomic E-state index is 13.2. The molecule has 0 amide bonds. The van der Waals surface area contributed by atoms with Crippen molar-refractivity contribution in [3.63, 3.8) is 0 Å². The third-order valence-electron chi connectivity index (χ3n) is 5.11. The number of hydrogen-bond donors (Lipinski definition) is 0. The Bertz CT molecular complexity index is 952. The van der Waals surface area contributed by atoms with Gasteiger partial charge < -0.3 is 0 Å². The first-order chi connectivity index (χ1) is 12.9. The number of unbranched alkanes of at least 4 members (excludes halogenated alkanes) is 1. The first-order valence-electron chi connectivity index (χ1n) is 9.44. The van der Waals surface area contributed by atoms with E-state index in [9.17, 15) is 12.8 Å². The van der Waals surface area contributed by atoms with Crippen molar-refractivity contribution in [2.24, 2.45) is 0 Å². The molecule has 1 aliphatic carbocycles. The first-order valence-corrected chi connectivity index (χ1v) is 10.9. The molecular formula is C23H25FO2S. The van der Waals surface area contributed by atoms with Crippen LogP contribution in [0.15, 0.2) is 64.9 Å². The SMILES string of the molecule is C=C(CCCC)S(=O)(=O)c1ccc(C2=C(c3ccc(F)cc3)CCC2)cc1. The normalized spacial score (nSPS) is 14.6. The molecule has 4 heteroatoms. The molecule has 27 heavy (non-hydrogen) atoms. The van der Waals surface area contributed by atoms with E-state index in [4.69, 9.17) is 0 Å². The average molecular weight is 385 g/mol. The lowest BCUT2D eigenvalue weighted by Gasteiger charge is -2.11. The summed E-state index contributed by atoms with van der Waals surface area (Å²) in [6.07, 6.45) is 5.21. The Labute approximate surface area is 161 Å². The topological polar surface area (TPSA) is 34.1 Å². The lowest BCUT2D eigenvalue weighted by molar-refractivity contribution is 0.599. The Morgan fingerprint density at radius 3 is 2.00 bits per heavy atom. The molecule has 0 aromatic heterocycles. The summed E-state index contributed by atoms with van der Waals surface area (Å²) in [5.74, 6) is -0.239. The zero-order valence-corrected chi connectivity index (χ0v) is 16.5. The van der Waals surface area contributed by atoms with E-state index in [0.29, 0.717) is 11.3 Å². The van der Waals surface area contributed by atoms with Gasteiger partial charge in [0.1, 0.15) is 5.82 Å². The Morgan fingerprint density at radius 2 is 1.48 bits per heavy atom. The van der Waals surface area contributed by atoms with Crippen LogP contribution in [0.25, 0.3) is 11.1 Å². The van der Waals surface area contributed by atoms with Gasteiger partial charge in [0, 0.05) is 4.91 Å². The van der Waals surface area contributed by atoms with Crippen molar-refractivity contribution in [3.8, 4) is 0 Å². The smallest absolute Gasteiger partial charge is 0.202 e. The molecule has 2 nitrogen and oxygen atoms in total. The van der Waals surface area contributed by atoms with Crippen LogP contribution in [0, 0.1) is 5.82 Å². The maximum absolute atomic E-state index is 13.2. The van der Waals surface area contributed by atoms with Gasteiger partial charge in [0.2, 0.25) is 9.84 Å². The van der Waals surface area contributed by atoms with Crippen LogP contribution in [0.3, 0.4) is 0 Å². The molecule has 2 aromatic carbocycles. The van der Waals surface area contributed by atoms with E-state index in [2.05, 4.69) is 6.58 Å². The third kappa shape index (κ3) is 4.22. The summed E-state index contributed by atoms with van der Waals surface area (Å²) in [5, 5.41) is 0. The zero-order valence-electron chi connectivity index (χ0n) is 15.7. The van der Waals surface area contributed by atoms with Crippen molar-refractivity contribution in [2.45, 2.75) is 50.3 Å². The second kappa shape index (κ2) is 8.22. The third-order valence-corrected chi connectivity index (χ3v) is 6.97. The van der Waals surface area contributed by atoms with Crippen LogP contribution in [-0.4, -0.2) is 8.42 Å². The molecular weight excluding hydrogens is 359 g/mol. The van der Waals surface area contributed by atoms with Crippen molar-refractivity contribution >= 4 is 21.0 Å². The molecule has 0 bridgehead atoms. The summed E-state index contributed by atoms with van der Waals surface area (Å²) < 4.78 is 38.5. The molecule has 3 rings (SSSR count). The highest BCUT2D eigenvalue weighted by Gasteiger charge is 2.21. The van der Waals surface area contributed by atoms with Gasteiger partial charge in [-0.2, -0.15) is 0 Å². The number of hydrogen-bond acceptors (Lipinski definition) is 2. The molecule has 0 heterocycles. The van der Waals surface area contributed by atoms with Crippen LogP contribution >= 0.6 is 0 Å². The summed E-state index contributed by atoms with van der Waals surface area (Å²) in [6, 6.07) is 13.7. The molecule has 142 valence electrons. The predicted molar refractivity (Wildman–Crippen MR) is 109 cm³/mol. The minimum absolute atomic E-state index is 0.239. The highest BCUT2D eigenvalue weighted by molar-refractivity contribution is 7.95. The highest BCUT2D eigenvalue weighted by Crippen LogP contribution is 2.40. The summed E-state index contributed by atoms with van der Waals surface area (Å²) in [7, 11) is -3.47. The number of benzene rings is 2. The van der Waals surface area contributed by atoms with E-state index >= 15 is 0 Å². The first kappa shape index (κ1) is 19.6. The largest absolute Gasteiger partial charge is 0.219 e. The van der Waals surface area contributed by atoms with Gasteiger partial charge in [0.05, 0.1) is 4.90 Å². The maximum Gasteiger partial charge on any atom is 0.202 e. The van der Waals surface area contributed by atoms with Crippen LogP contribution in [-0.2, 0) is 9.84 Å². The van der Waals surface area contributed by atoms with Crippen molar-refractivity contribution in [1.29, 1.82) is 0 Å². The molecule has 0 fully saturated rings. The van der Waals surface area contributed by atoms with E-state index in [-0.39, 0.29) is 10.7 Å². The minimum Gasteiger partial charge on any atom is -0.219 e. The standard InChI is InChI=1S/C23H25FO2S/c1-3-4-6-17(2)27(25,26)21-15-11-19(12-16-21)23-8-5-7-22(23)18-9-13-20(24)14-10-18/h9-16H,2-8H2,1H3. The summed E-state index contributed by atoms with van der Waals surface area (Å²) >= 11 is 0. The van der Waals surface area contributed by atoms with Gasteiger partial charge in [-0.1, -0.05) is 44.2 Å². The van der Waals surface area contributed by atoms with Crippen molar-refractivity contribution < 1.29 is 12.8 Å². The Morgan fingerprint density at radius 1 is 0.963 bits per heavy atom. The molecule has 0 radical (unpaired) electrons. The van der Waals surface area contributed by atoms with Gasteiger partial charge in [-0.15, -0.1) is 0 Å². The monoisotopic (exact) mass is 384 g/mol. The Kier molecular flexibility index (Phi) is 5.95. The van der Waals surface area contributed by atoms with E-state index in [0.717, 1.165) is 43.2 Å². The number of rotatable bonds is 7. The zero-order chi connectivity index (χ0) is 19.4. The van der Waals surface area contributed by atoms with Gasteiger partial charge in [-0.05, 0) is 78.6 Å². The molecule has 2 aromatic rings. The highest BCUT2D eigenvalue weighted by atomic mass is 32.2. The van der Waals surface area contributed by atoms with Crippen LogP contribution in [0.2, 0.25) is 0 Å².